The normalized spacial score (nSPS) is 12.7. The summed E-state index contributed by atoms with van der Waals surface area (Å²) < 4.78 is 4.89. The van der Waals surface area contributed by atoms with E-state index in [2.05, 4.69) is 174 Å². The van der Waals surface area contributed by atoms with Crippen molar-refractivity contribution >= 4 is 78.5 Å². The van der Waals surface area contributed by atoms with Crippen LogP contribution < -0.4 is 16.4 Å². The van der Waals surface area contributed by atoms with E-state index in [0.29, 0.717) is 0 Å². The Bertz CT molecular complexity index is 2670. The first-order valence-electron chi connectivity index (χ1n) is 16.2. The predicted molar refractivity (Wildman–Crippen MR) is 202 cm³/mol. The molecular weight excluding hydrogens is 587 g/mol. The van der Waals surface area contributed by atoms with E-state index in [0.717, 1.165) is 0 Å². The summed E-state index contributed by atoms with van der Waals surface area (Å²) in [6, 6.07) is 58.1. The fourth-order valence-corrected chi connectivity index (χ4v) is 9.17. The molecule has 0 atom stereocenters. The molecule has 1 aliphatic heterocycles. The van der Waals surface area contributed by atoms with Crippen molar-refractivity contribution in [2.45, 2.75) is 16.7 Å². The van der Waals surface area contributed by atoms with E-state index < -0.39 is 0 Å². The lowest BCUT2D eigenvalue weighted by Gasteiger charge is -2.27. The number of aromatic nitrogens is 2. The maximum absolute atomic E-state index is 2.48. The Balaban J connectivity index is 1.25. The number of benzene rings is 7. The van der Waals surface area contributed by atoms with E-state index in [4.69, 9.17) is 0 Å². The number of hydrogen-bond donors (Lipinski definition) is 0. The Labute approximate surface area is 278 Å². The number of hydrogen-bond acceptors (Lipinski definition) is 1. The van der Waals surface area contributed by atoms with Crippen LogP contribution in [0.5, 0.6) is 0 Å². The summed E-state index contributed by atoms with van der Waals surface area (Å²) in [6.45, 7) is 2.40. The largest absolute Gasteiger partial charge is 0.309 e. The molecule has 220 valence electrons. The summed E-state index contributed by atoms with van der Waals surface area (Å²) in [5.74, 6) is 0. The van der Waals surface area contributed by atoms with Crippen molar-refractivity contribution in [1.29, 1.82) is 0 Å². The second-order valence-electron chi connectivity index (χ2n) is 12.6. The van der Waals surface area contributed by atoms with Crippen molar-refractivity contribution in [3.63, 3.8) is 0 Å². The average Bonchev–Trinajstić information content (AvgIpc) is 3.64. The molecule has 4 heteroatoms. The van der Waals surface area contributed by atoms with Crippen LogP contribution in [0.2, 0.25) is 0 Å². The fourth-order valence-electron chi connectivity index (χ4n) is 7.90. The first kappa shape index (κ1) is 26.7. The molecule has 0 saturated heterocycles. The number of fused-ring (bicyclic) bond motifs is 9. The van der Waals surface area contributed by atoms with Gasteiger partial charge in [-0.1, -0.05) is 137 Å². The molecule has 10 rings (SSSR count). The van der Waals surface area contributed by atoms with Crippen LogP contribution >= 0.6 is 11.8 Å². The van der Waals surface area contributed by atoms with Crippen LogP contribution in [0.1, 0.15) is 5.56 Å². The molecule has 0 spiro atoms. The van der Waals surface area contributed by atoms with Gasteiger partial charge in [-0.15, -0.1) is 0 Å². The molecule has 0 aliphatic carbocycles. The minimum absolute atomic E-state index is 0.207. The van der Waals surface area contributed by atoms with Gasteiger partial charge in [0.25, 0.3) is 0 Å². The van der Waals surface area contributed by atoms with Crippen LogP contribution in [0.3, 0.4) is 0 Å². The van der Waals surface area contributed by atoms with Gasteiger partial charge in [0.1, 0.15) is 0 Å². The molecule has 0 radical (unpaired) electrons. The summed E-state index contributed by atoms with van der Waals surface area (Å²) in [4.78, 5) is 2.67. The highest BCUT2D eigenvalue weighted by Gasteiger charge is 2.31. The molecule has 0 saturated carbocycles. The minimum atomic E-state index is 0.207. The van der Waals surface area contributed by atoms with E-state index in [1.165, 1.54) is 86.7 Å². The Hall–Kier alpha value is -5.45. The molecule has 2 nitrogen and oxygen atoms in total. The van der Waals surface area contributed by atoms with Gasteiger partial charge < -0.3 is 9.13 Å². The van der Waals surface area contributed by atoms with Gasteiger partial charge in [0.05, 0.1) is 22.1 Å². The number of aryl methyl sites for hydroxylation is 1. The van der Waals surface area contributed by atoms with Crippen LogP contribution in [-0.2, 0) is 0 Å². The lowest BCUT2D eigenvalue weighted by molar-refractivity contribution is 1.16. The van der Waals surface area contributed by atoms with E-state index in [-0.39, 0.29) is 6.71 Å². The molecule has 0 unspecified atom stereocenters. The van der Waals surface area contributed by atoms with E-state index in [1.54, 1.807) is 0 Å². The molecule has 0 fully saturated rings. The zero-order chi connectivity index (χ0) is 31.1. The summed E-state index contributed by atoms with van der Waals surface area (Å²) in [5.41, 5.74) is 12.7. The van der Waals surface area contributed by atoms with Gasteiger partial charge in [-0.2, -0.15) is 0 Å². The van der Waals surface area contributed by atoms with Crippen molar-refractivity contribution in [2.24, 2.45) is 0 Å². The third kappa shape index (κ3) is 3.95. The molecule has 0 bridgehead atoms. The lowest BCUT2D eigenvalue weighted by atomic mass is 9.36. The van der Waals surface area contributed by atoms with Gasteiger partial charge in [0, 0.05) is 42.7 Å². The minimum Gasteiger partial charge on any atom is -0.309 e. The Morgan fingerprint density at radius 1 is 0.447 bits per heavy atom. The third-order valence-corrected chi connectivity index (χ3v) is 11.0. The van der Waals surface area contributed by atoms with Crippen LogP contribution in [0.4, 0.5) is 0 Å². The standard InChI is InChI=1S/C43H29BN2S/c1-28-20-22-34-40(26-28)47-41-27-31(21-23-35(41)44(34)29-12-4-2-5-13-29)46-37-19-11-9-17-33(37)43-39(46)25-24-38-42(43)32-16-8-10-18-36(32)45(38)30-14-6-3-7-15-30/h2-27H,1H3. The molecule has 0 amide bonds. The number of nitrogens with zero attached hydrogens (tertiary/aromatic N) is 2. The van der Waals surface area contributed by atoms with Crippen molar-refractivity contribution < 1.29 is 0 Å². The van der Waals surface area contributed by atoms with Crippen molar-refractivity contribution in [2.75, 3.05) is 0 Å². The number of para-hydroxylation sites is 3. The second-order valence-corrected chi connectivity index (χ2v) is 13.7. The highest BCUT2D eigenvalue weighted by molar-refractivity contribution is 8.00. The smallest absolute Gasteiger partial charge is 0.244 e. The molecule has 1 aliphatic rings. The Morgan fingerprint density at radius 2 is 0.979 bits per heavy atom. The van der Waals surface area contributed by atoms with Crippen LogP contribution in [0.25, 0.3) is 55.0 Å². The zero-order valence-corrected chi connectivity index (χ0v) is 26.7. The van der Waals surface area contributed by atoms with Crippen molar-refractivity contribution in [3.05, 3.63) is 163 Å². The number of rotatable bonds is 3. The Morgan fingerprint density at radius 3 is 1.64 bits per heavy atom. The van der Waals surface area contributed by atoms with E-state index >= 15 is 0 Å². The SMILES string of the molecule is Cc1ccc2c(c1)Sc1cc(-n3c4ccccc4c4c5c6ccccc6n(-c6ccccc6)c5ccc43)ccc1B2c1ccccc1. The monoisotopic (exact) mass is 616 g/mol. The van der Waals surface area contributed by atoms with E-state index in [9.17, 15) is 0 Å². The van der Waals surface area contributed by atoms with Crippen LogP contribution in [0.15, 0.2) is 168 Å². The van der Waals surface area contributed by atoms with Crippen LogP contribution in [-0.4, -0.2) is 15.8 Å². The summed E-state index contributed by atoms with van der Waals surface area (Å²) in [5, 5.41) is 5.16. The van der Waals surface area contributed by atoms with E-state index in [1.807, 2.05) is 11.8 Å². The maximum Gasteiger partial charge on any atom is 0.244 e. The van der Waals surface area contributed by atoms with Gasteiger partial charge in [-0.3, -0.25) is 0 Å². The van der Waals surface area contributed by atoms with Crippen molar-refractivity contribution in [1.82, 2.24) is 9.13 Å². The Kier molecular flexibility index (Phi) is 5.85. The maximum atomic E-state index is 2.48. The molecule has 0 N–H and O–H groups in total. The molecule has 7 aromatic carbocycles. The van der Waals surface area contributed by atoms with Crippen LogP contribution in [0, 0.1) is 6.92 Å². The molecule has 2 aromatic heterocycles. The van der Waals surface area contributed by atoms with Gasteiger partial charge in [0.15, 0.2) is 0 Å². The fraction of sp³-hybridized carbons (Fsp3) is 0.0233. The highest BCUT2D eigenvalue weighted by atomic mass is 32.2. The van der Waals surface area contributed by atoms with Gasteiger partial charge in [-0.05, 0) is 61.5 Å². The summed E-state index contributed by atoms with van der Waals surface area (Å²) >= 11 is 1.91. The quantitative estimate of drug-likeness (QED) is 0.180. The van der Waals surface area contributed by atoms with Crippen molar-refractivity contribution in [3.8, 4) is 11.4 Å². The third-order valence-electron chi connectivity index (χ3n) is 9.89. The van der Waals surface area contributed by atoms with Gasteiger partial charge >= 0.3 is 0 Å². The predicted octanol–water partition coefficient (Wildman–Crippen LogP) is 9.17. The first-order chi connectivity index (χ1) is 23.2. The lowest BCUT2D eigenvalue weighted by Crippen LogP contribution is -2.55. The second kappa shape index (κ2) is 10.3. The molecule has 47 heavy (non-hydrogen) atoms. The van der Waals surface area contributed by atoms with Gasteiger partial charge in [0.2, 0.25) is 6.71 Å². The highest BCUT2D eigenvalue weighted by Crippen LogP contribution is 2.42. The molecular formula is C43H29BN2S. The average molecular weight is 617 g/mol. The zero-order valence-electron chi connectivity index (χ0n) is 25.9. The topological polar surface area (TPSA) is 9.86 Å². The summed E-state index contributed by atoms with van der Waals surface area (Å²) in [6.07, 6.45) is 0. The van der Waals surface area contributed by atoms with Gasteiger partial charge in [-0.25, -0.2) is 0 Å². The molecule has 3 heterocycles. The summed E-state index contributed by atoms with van der Waals surface area (Å²) in [7, 11) is 0. The molecule has 9 aromatic rings. The first-order valence-corrected chi connectivity index (χ1v) is 17.0.